The van der Waals surface area contributed by atoms with Gasteiger partial charge in [-0.25, -0.2) is 13.2 Å². The minimum Gasteiger partial charge on any atom is -0.481 e. The van der Waals surface area contributed by atoms with E-state index in [9.17, 15) is 23.1 Å². The molecule has 0 radical (unpaired) electrons. The molecule has 2 aromatic carbocycles. The van der Waals surface area contributed by atoms with Gasteiger partial charge in [-0.3, -0.25) is 4.79 Å². The summed E-state index contributed by atoms with van der Waals surface area (Å²) in [4.78, 5) is 11.3. The van der Waals surface area contributed by atoms with Crippen molar-refractivity contribution in [2.45, 2.75) is 12.8 Å². The Morgan fingerprint density at radius 1 is 1.05 bits per heavy atom. The summed E-state index contributed by atoms with van der Waals surface area (Å²) in [5, 5.41) is 9.22. The number of hydrogen-bond acceptors (Lipinski definition) is 1. The number of carbonyl (C=O) groups is 1. The molecule has 110 valence electrons. The third-order valence-electron chi connectivity index (χ3n) is 3.22. The van der Waals surface area contributed by atoms with Crippen LogP contribution in [0.25, 0.3) is 0 Å². The fourth-order valence-electron chi connectivity index (χ4n) is 2.17. The van der Waals surface area contributed by atoms with Gasteiger partial charge >= 0.3 is 5.97 Å². The highest BCUT2D eigenvalue weighted by Gasteiger charge is 2.21. The molecule has 0 aromatic heterocycles. The Bertz CT molecular complexity index is 656. The van der Waals surface area contributed by atoms with E-state index in [4.69, 9.17) is 0 Å². The van der Waals surface area contributed by atoms with E-state index >= 15 is 0 Å². The molecule has 0 aliphatic rings. The molecule has 5 heteroatoms. The van der Waals surface area contributed by atoms with Crippen LogP contribution in [0.5, 0.6) is 0 Å². The summed E-state index contributed by atoms with van der Waals surface area (Å²) in [5.74, 6) is -4.61. The molecule has 2 rings (SSSR count). The predicted molar refractivity (Wildman–Crippen MR) is 71.3 cm³/mol. The summed E-state index contributed by atoms with van der Waals surface area (Å²) in [5.41, 5.74) is 0.498. The lowest BCUT2D eigenvalue weighted by atomic mass is 9.92. The van der Waals surface area contributed by atoms with Crippen LogP contribution in [0.1, 0.15) is 11.1 Å². The molecule has 0 bridgehead atoms. The molecular formula is C16H13F3O2. The zero-order chi connectivity index (χ0) is 15.4. The van der Waals surface area contributed by atoms with Crippen molar-refractivity contribution in [3.63, 3.8) is 0 Å². The highest BCUT2D eigenvalue weighted by molar-refractivity contribution is 5.70. The van der Waals surface area contributed by atoms with Gasteiger partial charge in [-0.2, -0.15) is 0 Å². The van der Waals surface area contributed by atoms with Gasteiger partial charge in [-0.1, -0.05) is 24.3 Å². The van der Waals surface area contributed by atoms with Crippen molar-refractivity contribution in [1.82, 2.24) is 0 Å². The number of carboxylic acid groups (broad SMARTS) is 1. The average Bonchev–Trinajstić information content (AvgIpc) is 2.43. The fraction of sp³-hybridized carbons (Fsp3) is 0.188. The summed E-state index contributed by atoms with van der Waals surface area (Å²) >= 11 is 0. The first kappa shape index (κ1) is 15.1. The van der Waals surface area contributed by atoms with Crippen molar-refractivity contribution >= 4 is 5.97 Å². The Morgan fingerprint density at radius 2 is 1.76 bits per heavy atom. The third kappa shape index (κ3) is 3.84. The smallest absolute Gasteiger partial charge is 0.307 e. The molecule has 2 aromatic rings. The highest BCUT2D eigenvalue weighted by atomic mass is 19.2. The van der Waals surface area contributed by atoms with E-state index in [2.05, 4.69) is 0 Å². The topological polar surface area (TPSA) is 37.3 Å². The predicted octanol–water partition coefficient (Wildman–Crippen LogP) is 3.59. The van der Waals surface area contributed by atoms with Crippen molar-refractivity contribution in [2.75, 3.05) is 0 Å². The molecule has 0 spiro atoms. The van der Waals surface area contributed by atoms with Crippen LogP contribution in [-0.2, 0) is 17.6 Å². The van der Waals surface area contributed by atoms with Gasteiger partial charge in [0.1, 0.15) is 5.82 Å². The van der Waals surface area contributed by atoms with Crippen molar-refractivity contribution in [2.24, 2.45) is 5.92 Å². The summed E-state index contributed by atoms with van der Waals surface area (Å²) < 4.78 is 39.8. The van der Waals surface area contributed by atoms with Crippen LogP contribution >= 0.6 is 0 Å². The molecule has 0 amide bonds. The van der Waals surface area contributed by atoms with E-state index in [0.29, 0.717) is 5.56 Å². The van der Waals surface area contributed by atoms with Gasteiger partial charge in [-0.15, -0.1) is 0 Å². The Morgan fingerprint density at radius 3 is 2.43 bits per heavy atom. The molecular weight excluding hydrogens is 281 g/mol. The summed E-state index contributed by atoms with van der Waals surface area (Å²) in [6.45, 7) is 0. The van der Waals surface area contributed by atoms with Gasteiger partial charge in [0.05, 0.1) is 5.92 Å². The minimum absolute atomic E-state index is 0.00111. The number of benzene rings is 2. The van der Waals surface area contributed by atoms with Gasteiger partial charge in [0.15, 0.2) is 11.6 Å². The van der Waals surface area contributed by atoms with Crippen LogP contribution in [-0.4, -0.2) is 11.1 Å². The summed E-state index contributed by atoms with van der Waals surface area (Å²) in [6.07, 6.45) is -0.113. The quantitative estimate of drug-likeness (QED) is 0.915. The third-order valence-corrected chi connectivity index (χ3v) is 3.22. The fourth-order valence-corrected chi connectivity index (χ4v) is 2.17. The molecule has 0 fully saturated rings. The zero-order valence-electron chi connectivity index (χ0n) is 11.0. The van der Waals surface area contributed by atoms with Crippen LogP contribution < -0.4 is 0 Å². The summed E-state index contributed by atoms with van der Waals surface area (Å²) in [6, 6.07) is 9.21. The molecule has 0 aliphatic carbocycles. The molecule has 21 heavy (non-hydrogen) atoms. The van der Waals surface area contributed by atoms with Crippen LogP contribution in [0.4, 0.5) is 13.2 Å². The van der Waals surface area contributed by atoms with Crippen molar-refractivity contribution in [1.29, 1.82) is 0 Å². The largest absolute Gasteiger partial charge is 0.481 e. The molecule has 0 saturated heterocycles. The Kier molecular flexibility index (Phi) is 4.62. The lowest BCUT2D eigenvalue weighted by Crippen LogP contribution is -2.20. The standard InChI is InChI=1S/C16H13F3O2/c17-13-5-1-3-10(8-13)7-12(16(20)21)9-11-4-2-6-14(18)15(11)19/h1-6,8,12H,7,9H2,(H,20,21). The maximum Gasteiger partial charge on any atom is 0.307 e. The second-order valence-electron chi connectivity index (χ2n) is 4.79. The molecule has 1 atom stereocenters. The molecule has 0 heterocycles. The van der Waals surface area contributed by atoms with E-state index in [-0.39, 0.29) is 18.4 Å². The van der Waals surface area contributed by atoms with E-state index in [0.717, 1.165) is 6.07 Å². The molecule has 0 saturated carbocycles. The van der Waals surface area contributed by atoms with Crippen LogP contribution in [0.3, 0.4) is 0 Å². The van der Waals surface area contributed by atoms with Crippen LogP contribution in [0.15, 0.2) is 42.5 Å². The minimum atomic E-state index is -1.14. The Balaban J connectivity index is 2.20. The van der Waals surface area contributed by atoms with Crippen LogP contribution in [0.2, 0.25) is 0 Å². The molecule has 2 nitrogen and oxygen atoms in total. The van der Waals surface area contributed by atoms with Gasteiger partial charge in [0, 0.05) is 0 Å². The normalized spacial score (nSPS) is 12.1. The van der Waals surface area contributed by atoms with Gasteiger partial charge < -0.3 is 5.11 Å². The average molecular weight is 294 g/mol. The molecule has 1 N–H and O–H groups in total. The maximum absolute atomic E-state index is 13.6. The summed E-state index contributed by atoms with van der Waals surface area (Å²) in [7, 11) is 0. The van der Waals surface area contributed by atoms with E-state index in [1.54, 1.807) is 6.07 Å². The molecule has 0 aliphatic heterocycles. The van der Waals surface area contributed by atoms with Gasteiger partial charge in [0.25, 0.3) is 0 Å². The first-order valence-electron chi connectivity index (χ1n) is 6.37. The first-order chi connectivity index (χ1) is 9.97. The number of rotatable bonds is 5. The van der Waals surface area contributed by atoms with Crippen molar-refractivity contribution < 1.29 is 23.1 Å². The van der Waals surface area contributed by atoms with E-state index < -0.39 is 29.3 Å². The van der Waals surface area contributed by atoms with E-state index in [1.807, 2.05) is 0 Å². The number of halogens is 3. The Hall–Kier alpha value is -2.30. The zero-order valence-corrected chi connectivity index (χ0v) is 11.0. The van der Waals surface area contributed by atoms with Crippen molar-refractivity contribution in [3.05, 3.63) is 71.0 Å². The molecule has 1 unspecified atom stereocenters. The number of carboxylic acids is 1. The second kappa shape index (κ2) is 6.43. The highest BCUT2D eigenvalue weighted by Crippen LogP contribution is 2.19. The number of aliphatic carboxylic acids is 1. The monoisotopic (exact) mass is 294 g/mol. The SMILES string of the molecule is O=C(O)C(Cc1cccc(F)c1)Cc1cccc(F)c1F. The van der Waals surface area contributed by atoms with Gasteiger partial charge in [0.2, 0.25) is 0 Å². The first-order valence-corrected chi connectivity index (χ1v) is 6.37. The maximum atomic E-state index is 13.6. The van der Waals surface area contributed by atoms with Gasteiger partial charge in [-0.05, 0) is 42.2 Å². The second-order valence-corrected chi connectivity index (χ2v) is 4.79. The number of hydrogen-bond donors (Lipinski definition) is 1. The van der Waals surface area contributed by atoms with Crippen molar-refractivity contribution in [3.8, 4) is 0 Å². The lowest BCUT2D eigenvalue weighted by Gasteiger charge is -2.13. The lowest BCUT2D eigenvalue weighted by molar-refractivity contribution is -0.141. The van der Waals surface area contributed by atoms with Crippen LogP contribution in [0, 0.1) is 23.4 Å². The van der Waals surface area contributed by atoms with E-state index in [1.165, 1.54) is 30.3 Å². The Labute approximate surface area is 119 Å².